The third kappa shape index (κ3) is 2.43. The van der Waals surface area contributed by atoms with Crippen molar-refractivity contribution in [3.63, 3.8) is 0 Å². The number of aromatic nitrogens is 1. The number of aliphatic hydroxyl groups excluding tert-OH is 1. The van der Waals surface area contributed by atoms with Gasteiger partial charge in [0.25, 0.3) is 0 Å². The van der Waals surface area contributed by atoms with Gasteiger partial charge < -0.3 is 5.11 Å². The van der Waals surface area contributed by atoms with Crippen LogP contribution < -0.4 is 0 Å². The summed E-state index contributed by atoms with van der Waals surface area (Å²) < 4.78 is 0. The normalized spacial score (nSPS) is 22.4. The smallest absolute Gasteiger partial charge is 0.0965 e. The van der Waals surface area contributed by atoms with E-state index in [2.05, 4.69) is 17.1 Å². The SMILES string of the molecule is OC(c1cc2c(s1)CCCC2)C1CCCc2cccnc21. The zero-order valence-corrected chi connectivity index (χ0v) is 13.0. The molecule has 0 aliphatic heterocycles. The summed E-state index contributed by atoms with van der Waals surface area (Å²) >= 11 is 1.83. The fourth-order valence-electron chi connectivity index (χ4n) is 3.81. The molecule has 2 heterocycles. The lowest BCUT2D eigenvalue weighted by Gasteiger charge is -2.27. The maximum Gasteiger partial charge on any atom is 0.0965 e. The molecule has 3 heteroatoms. The standard InChI is InChI=1S/C18H21NOS/c20-18(16-11-13-5-1-2-9-15(13)21-16)14-8-3-6-12-7-4-10-19-17(12)14/h4,7,10-11,14,18,20H,1-3,5-6,8-9H2. The van der Waals surface area contributed by atoms with Crippen LogP contribution in [0.5, 0.6) is 0 Å². The van der Waals surface area contributed by atoms with E-state index in [1.54, 1.807) is 0 Å². The fraction of sp³-hybridized carbons (Fsp3) is 0.500. The van der Waals surface area contributed by atoms with E-state index < -0.39 is 0 Å². The molecule has 2 atom stereocenters. The molecule has 2 aliphatic carbocycles. The summed E-state index contributed by atoms with van der Waals surface area (Å²) in [6.07, 6.45) is 9.79. The summed E-state index contributed by atoms with van der Waals surface area (Å²) in [4.78, 5) is 7.24. The molecule has 0 fully saturated rings. The van der Waals surface area contributed by atoms with Crippen molar-refractivity contribution in [2.75, 3.05) is 0 Å². The van der Waals surface area contributed by atoms with Gasteiger partial charge in [-0.05, 0) is 68.2 Å². The number of aliphatic hydroxyl groups is 1. The van der Waals surface area contributed by atoms with Crippen LogP contribution in [0, 0.1) is 0 Å². The van der Waals surface area contributed by atoms with Crippen LogP contribution in [0.15, 0.2) is 24.4 Å². The molecule has 2 aromatic rings. The van der Waals surface area contributed by atoms with Crippen LogP contribution in [0.2, 0.25) is 0 Å². The minimum atomic E-state index is -0.380. The number of thiophene rings is 1. The minimum Gasteiger partial charge on any atom is -0.387 e. The predicted octanol–water partition coefficient (Wildman–Crippen LogP) is 4.18. The van der Waals surface area contributed by atoms with Crippen molar-refractivity contribution >= 4 is 11.3 Å². The molecule has 2 nitrogen and oxygen atoms in total. The van der Waals surface area contributed by atoms with E-state index in [1.165, 1.54) is 41.7 Å². The second-order valence-corrected chi connectivity index (χ2v) is 7.46. The number of rotatable bonds is 2. The third-order valence-corrected chi connectivity index (χ3v) is 6.23. The van der Waals surface area contributed by atoms with Crippen LogP contribution in [-0.2, 0) is 19.3 Å². The van der Waals surface area contributed by atoms with E-state index in [0.717, 1.165) is 29.8 Å². The molecule has 2 aromatic heterocycles. The van der Waals surface area contributed by atoms with Gasteiger partial charge in [0.05, 0.1) is 6.10 Å². The molecule has 2 aliphatic rings. The molecule has 0 saturated heterocycles. The summed E-state index contributed by atoms with van der Waals surface area (Å²) in [5.41, 5.74) is 3.94. The molecule has 0 bridgehead atoms. The molecule has 1 N–H and O–H groups in total. The molecule has 0 amide bonds. The Morgan fingerprint density at radius 3 is 2.90 bits per heavy atom. The summed E-state index contributed by atoms with van der Waals surface area (Å²) in [5, 5.41) is 10.9. The third-order valence-electron chi connectivity index (χ3n) is 4.93. The Bertz CT molecular complexity index is 625. The van der Waals surface area contributed by atoms with Crippen molar-refractivity contribution < 1.29 is 5.11 Å². The topological polar surface area (TPSA) is 33.1 Å². The molecule has 21 heavy (non-hydrogen) atoms. The molecule has 0 saturated carbocycles. The van der Waals surface area contributed by atoms with Gasteiger partial charge in [-0.2, -0.15) is 0 Å². The number of pyridine rings is 1. The number of fused-ring (bicyclic) bond motifs is 2. The first-order valence-electron chi connectivity index (χ1n) is 8.06. The van der Waals surface area contributed by atoms with E-state index in [1.807, 2.05) is 23.6 Å². The van der Waals surface area contributed by atoms with Crippen LogP contribution in [0.1, 0.15) is 64.3 Å². The van der Waals surface area contributed by atoms with Crippen LogP contribution in [0.25, 0.3) is 0 Å². The van der Waals surface area contributed by atoms with Gasteiger partial charge in [0, 0.05) is 27.6 Å². The van der Waals surface area contributed by atoms with Gasteiger partial charge in [-0.15, -0.1) is 11.3 Å². The highest BCUT2D eigenvalue weighted by Crippen LogP contribution is 2.42. The number of hydrogen-bond donors (Lipinski definition) is 1. The van der Waals surface area contributed by atoms with Gasteiger partial charge in [-0.25, -0.2) is 0 Å². The van der Waals surface area contributed by atoms with E-state index in [4.69, 9.17) is 0 Å². The van der Waals surface area contributed by atoms with Gasteiger partial charge in [-0.1, -0.05) is 6.07 Å². The maximum absolute atomic E-state index is 10.9. The van der Waals surface area contributed by atoms with Crippen molar-refractivity contribution in [3.05, 3.63) is 51.0 Å². The zero-order valence-electron chi connectivity index (χ0n) is 12.2. The Morgan fingerprint density at radius 2 is 2.00 bits per heavy atom. The first-order valence-corrected chi connectivity index (χ1v) is 8.88. The van der Waals surface area contributed by atoms with Crippen molar-refractivity contribution in [2.45, 2.75) is 57.0 Å². The van der Waals surface area contributed by atoms with E-state index >= 15 is 0 Å². The molecular formula is C18H21NOS. The second-order valence-electron chi connectivity index (χ2n) is 6.30. The lowest BCUT2D eigenvalue weighted by molar-refractivity contribution is 0.137. The lowest BCUT2D eigenvalue weighted by Crippen LogP contribution is -2.18. The van der Waals surface area contributed by atoms with Gasteiger partial charge in [-0.3, -0.25) is 4.98 Å². The van der Waals surface area contributed by atoms with Crippen molar-refractivity contribution in [3.8, 4) is 0 Å². The van der Waals surface area contributed by atoms with E-state index in [-0.39, 0.29) is 12.0 Å². The van der Waals surface area contributed by atoms with Gasteiger partial charge in [0.2, 0.25) is 0 Å². The zero-order chi connectivity index (χ0) is 14.2. The Kier molecular flexibility index (Phi) is 3.56. The molecule has 110 valence electrons. The largest absolute Gasteiger partial charge is 0.387 e. The summed E-state index contributed by atoms with van der Waals surface area (Å²) in [7, 11) is 0. The van der Waals surface area contributed by atoms with Gasteiger partial charge in [0.15, 0.2) is 0 Å². The molecule has 4 rings (SSSR count). The predicted molar refractivity (Wildman–Crippen MR) is 85.8 cm³/mol. The lowest BCUT2D eigenvalue weighted by atomic mass is 9.82. The number of hydrogen-bond acceptors (Lipinski definition) is 3. The first-order chi connectivity index (χ1) is 10.3. The van der Waals surface area contributed by atoms with Crippen molar-refractivity contribution in [2.24, 2.45) is 0 Å². The minimum absolute atomic E-state index is 0.176. The number of aryl methyl sites for hydroxylation is 3. The van der Waals surface area contributed by atoms with Crippen LogP contribution >= 0.6 is 11.3 Å². The quantitative estimate of drug-likeness (QED) is 0.902. The van der Waals surface area contributed by atoms with Crippen molar-refractivity contribution in [1.82, 2.24) is 4.98 Å². The molecule has 2 unspecified atom stereocenters. The van der Waals surface area contributed by atoms with Crippen molar-refractivity contribution in [1.29, 1.82) is 0 Å². The highest BCUT2D eigenvalue weighted by molar-refractivity contribution is 7.12. The Labute approximate surface area is 129 Å². The Balaban J connectivity index is 1.66. The maximum atomic E-state index is 10.9. The number of nitrogens with zero attached hydrogens (tertiary/aromatic N) is 1. The Morgan fingerprint density at radius 1 is 1.14 bits per heavy atom. The monoisotopic (exact) mass is 299 g/mol. The van der Waals surface area contributed by atoms with Crippen LogP contribution in [0.4, 0.5) is 0 Å². The van der Waals surface area contributed by atoms with Crippen LogP contribution in [0.3, 0.4) is 0 Å². The fourth-order valence-corrected chi connectivity index (χ4v) is 5.12. The average molecular weight is 299 g/mol. The van der Waals surface area contributed by atoms with E-state index in [9.17, 15) is 5.11 Å². The summed E-state index contributed by atoms with van der Waals surface area (Å²) in [6.45, 7) is 0. The molecule has 0 spiro atoms. The van der Waals surface area contributed by atoms with E-state index in [0.29, 0.717) is 0 Å². The van der Waals surface area contributed by atoms with Gasteiger partial charge in [0.1, 0.15) is 0 Å². The highest BCUT2D eigenvalue weighted by Gasteiger charge is 2.30. The van der Waals surface area contributed by atoms with Crippen LogP contribution in [-0.4, -0.2) is 10.1 Å². The Hall–Kier alpha value is -1.19. The molecule has 0 aromatic carbocycles. The molecule has 0 radical (unpaired) electrons. The van der Waals surface area contributed by atoms with Gasteiger partial charge >= 0.3 is 0 Å². The summed E-state index contributed by atoms with van der Waals surface area (Å²) in [6, 6.07) is 6.44. The molecular weight excluding hydrogens is 278 g/mol. The summed E-state index contributed by atoms with van der Waals surface area (Å²) in [5.74, 6) is 0.176. The second kappa shape index (κ2) is 5.54. The first kappa shape index (κ1) is 13.5. The average Bonchev–Trinajstić information content (AvgIpc) is 2.97. The highest BCUT2D eigenvalue weighted by atomic mass is 32.1.